The van der Waals surface area contributed by atoms with Crippen LogP contribution in [0.15, 0.2) is 24.3 Å². The number of aryl methyl sites for hydroxylation is 1. The standard InChI is InChI=1S/C16H16F2N4O3/c1-9-6-11(22(24)25)4-5-12(9)19-15(23)8-21-14(16(17)18)7-13(20-21)10-2-3-10/h4-7,10,16H,2-3,8H2,1H3,(H,19,23). The van der Waals surface area contributed by atoms with E-state index in [1.165, 1.54) is 24.3 Å². The summed E-state index contributed by atoms with van der Waals surface area (Å²) in [5.41, 5.74) is 1.13. The second-order valence-electron chi connectivity index (χ2n) is 6.03. The van der Waals surface area contributed by atoms with Crippen molar-refractivity contribution in [3.63, 3.8) is 0 Å². The van der Waals surface area contributed by atoms with E-state index < -0.39 is 17.3 Å². The second kappa shape index (κ2) is 6.58. The third-order valence-corrected chi connectivity index (χ3v) is 4.04. The summed E-state index contributed by atoms with van der Waals surface area (Å²) in [4.78, 5) is 22.4. The van der Waals surface area contributed by atoms with Crippen molar-refractivity contribution in [3.8, 4) is 0 Å². The summed E-state index contributed by atoms with van der Waals surface area (Å²) in [5.74, 6) is -0.317. The minimum atomic E-state index is -2.71. The van der Waals surface area contributed by atoms with Gasteiger partial charge in [0.05, 0.1) is 10.6 Å². The molecule has 0 radical (unpaired) electrons. The molecule has 1 aromatic heterocycles. The molecule has 1 heterocycles. The Hall–Kier alpha value is -2.84. The van der Waals surface area contributed by atoms with E-state index in [4.69, 9.17) is 0 Å². The van der Waals surface area contributed by atoms with Gasteiger partial charge in [-0.15, -0.1) is 0 Å². The molecule has 0 unspecified atom stereocenters. The van der Waals surface area contributed by atoms with Gasteiger partial charge in [0.1, 0.15) is 12.2 Å². The van der Waals surface area contributed by atoms with Crippen molar-refractivity contribution in [2.75, 3.05) is 5.32 Å². The highest BCUT2D eigenvalue weighted by molar-refractivity contribution is 5.91. The molecule has 0 aliphatic heterocycles. The molecule has 9 heteroatoms. The first kappa shape index (κ1) is 17.0. The summed E-state index contributed by atoms with van der Waals surface area (Å²) >= 11 is 0. The Bertz CT molecular complexity index is 831. The summed E-state index contributed by atoms with van der Waals surface area (Å²) < 4.78 is 27.3. The molecule has 2 aromatic rings. The summed E-state index contributed by atoms with van der Waals surface area (Å²) in [5, 5.41) is 17.4. The molecule has 1 aromatic carbocycles. The Labute approximate surface area is 141 Å². The predicted octanol–water partition coefficient (Wildman–Crippen LogP) is 3.55. The number of nitrogens with one attached hydrogen (secondary N) is 1. The lowest BCUT2D eigenvalue weighted by atomic mass is 10.2. The fourth-order valence-corrected chi connectivity index (χ4v) is 2.56. The first-order valence-electron chi connectivity index (χ1n) is 7.76. The third-order valence-electron chi connectivity index (χ3n) is 4.04. The van der Waals surface area contributed by atoms with Gasteiger partial charge >= 0.3 is 0 Å². The van der Waals surface area contributed by atoms with Gasteiger partial charge in [0.15, 0.2) is 0 Å². The van der Waals surface area contributed by atoms with Crippen LogP contribution < -0.4 is 5.32 Å². The van der Waals surface area contributed by atoms with E-state index in [0.717, 1.165) is 17.5 Å². The second-order valence-corrected chi connectivity index (χ2v) is 6.03. The van der Waals surface area contributed by atoms with Gasteiger partial charge in [-0.3, -0.25) is 19.6 Å². The molecule has 0 spiro atoms. The smallest absolute Gasteiger partial charge is 0.280 e. The summed E-state index contributed by atoms with van der Waals surface area (Å²) in [6.45, 7) is 1.27. The molecule has 132 valence electrons. The minimum absolute atomic E-state index is 0.0864. The van der Waals surface area contributed by atoms with Gasteiger partial charge in [-0.2, -0.15) is 5.10 Å². The number of aromatic nitrogens is 2. The van der Waals surface area contributed by atoms with Gasteiger partial charge < -0.3 is 5.32 Å². The van der Waals surface area contributed by atoms with Crippen LogP contribution in [0.5, 0.6) is 0 Å². The van der Waals surface area contributed by atoms with Gasteiger partial charge in [0, 0.05) is 23.7 Å². The number of carbonyl (C=O) groups excluding carboxylic acids is 1. The molecule has 1 N–H and O–H groups in total. The molecule has 1 saturated carbocycles. The maximum absolute atomic E-state index is 13.1. The fraction of sp³-hybridized carbons (Fsp3) is 0.375. The number of hydrogen-bond donors (Lipinski definition) is 1. The van der Waals surface area contributed by atoms with E-state index in [1.54, 1.807) is 6.92 Å². The zero-order chi connectivity index (χ0) is 18.1. The van der Waals surface area contributed by atoms with Crippen molar-refractivity contribution in [1.29, 1.82) is 0 Å². The molecule has 7 nitrogen and oxygen atoms in total. The van der Waals surface area contributed by atoms with Crippen molar-refractivity contribution < 1.29 is 18.5 Å². The third kappa shape index (κ3) is 3.81. The Morgan fingerprint density at radius 3 is 2.72 bits per heavy atom. The normalized spacial score (nSPS) is 13.9. The quantitative estimate of drug-likeness (QED) is 0.637. The number of amides is 1. The first-order valence-corrected chi connectivity index (χ1v) is 7.76. The van der Waals surface area contributed by atoms with E-state index in [-0.39, 0.29) is 23.8 Å². The number of anilines is 1. The largest absolute Gasteiger partial charge is 0.324 e. The molecule has 0 saturated heterocycles. The maximum Gasteiger partial charge on any atom is 0.280 e. The Balaban J connectivity index is 1.73. The molecule has 0 atom stereocenters. The number of rotatable bonds is 6. The van der Waals surface area contributed by atoms with Crippen LogP contribution in [0, 0.1) is 17.0 Å². The average molecular weight is 350 g/mol. The number of nitrogens with zero attached hydrogens (tertiary/aromatic N) is 3. The number of nitro benzene ring substituents is 1. The molecular formula is C16H16F2N4O3. The molecule has 0 bridgehead atoms. The van der Waals surface area contributed by atoms with Crippen LogP contribution in [-0.4, -0.2) is 20.6 Å². The summed E-state index contributed by atoms with van der Waals surface area (Å²) in [6.07, 6.45) is -0.865. The topological polar surface area (TPSA) is 90.1 Å². The molecule has 25 heavy (non-hydrogen) atoms. The molecule has 3 rings (SSSR count). The Morgan fingerprint density at radius 2 is 2.16 bits per heavy atom. The van der Waals surface area contributed by atoms with Gasteiger partial charge in [-0.05, 0) is 37.5 Å². The molecule has 1 amide bonds. The summed E-state index contributed by atoms with van der Waals surface area (Å²) in [6, 6.07) is 5.37. The highest BCUT2D eigenvalue weighted by atomic mass is 19.3. The van der Waals surface area contributed by atoms with Crippen LogP contribution in [0.3, 0.4) is 0 Å². The van der Waals surface area contributed by atoms with Crippen LogP contribution in [0.1, 0.15) is 42.1 Å². The Kier molecular flexibility index (Phi) is 4.47. The fourth-order valence-electron chi connectivity index (χ4n) is 2.56. The van der Waals surface area contributed by atoms with Crippen LogP contribution in [0.2, 0.25) is 0 Å². The van der Waals surface area contributed by atoms with E-state index in [0.29, 0.717) is 16.9 Å². The number of non-ortho nitro benzene ring substituents is 1. The van der Waals surface area contributed by atoms with Gasteiger partial charge in [-0.25, -0.2) is 8.78 Å². The average Bonchev–Trinajstić information content (AvgIpc) is 3.30. The first-order chi connectivity index (χ1) is 11.8. The molecular weight excluding hydrogens is 334 g/mol. The number of alkyl halides is 2. The van der Waals surface area contributed by atoms with Crippen LogP contribution in [0.4, 0.5) is 20.2 Å². The zero-order valence-electron chi connectivity index (χ0n) is 13.4. The van der Waals surface area contributed by atoms with E-state index in [2.05, 4.69) is 10.4 Å². The predicted molar refractivity (Wildman–Crippen MR) is 85.6 cm³/mol. The summed E-state index contributed by atoms with van der Waals surface area (Å²) in [7, 11) is 0. The van der Waals surface area contributed by atoms with Gasteiger partial charge in [-0.1, -0.05) is 0 Å². The van der Waals surface area contributed by atoms with Crippen LogP contribution >= 0.6 is 0 Å². The lowest BCUT2D eigenvalue weighted by Crippen LogP contribution is -2.21. The highest BCUT2D eigenvalue weighted by Crippen LogP contribution is 2.40. The molecule has 1 aliphatic carbocycles. The van der Waals surface area contributed by atoms with Gasteiger partial charge in [0.2, 0.25) is 5.91 Å². The maximum atomic E-state index is 13.1. The Morgan fingerprint density at radius 1 is 1.44 bits per heavy atom. The number of benzene rings is 1. The van der Waals surface area contributed by atoms with E-state index in [9.17, 15) is 23.7 Å². The van der Waals surface area contributed by atoms with Gasteiger partial charge in [0.25, 0.3) is 12.1 Å². The van der Waals surface area contributed by atoms with Crippen molar-refractivity contribution in [2.24, 2.45) is 0 Å². The minimum Gasteiger partial charge on any atom is -0.324 e. The number of hydrogen-bond acceptors (Lipinski definition) is 4. The molecule has 1 aliphatic rings. The van der Waals surface area contributed by atoms with Crippen molar-refractivity contribution >= 4 is 17.3 Å². The van der Waals surface area contributed by atoms with E-state index >= 15 is 0 Å². The van der Waals surface area contributed by atoms with Crippen LogP contribution in [0.25, 0.3) is 0 Å². The zero-order valence-corrected chi connectivity index (χ0v) is 13.4. The number of halogens is 2. The van der Waals surface area contributed by atoms with Crippen LogP contribution in [-0.2, 0) is 11.3 Å². The number of carbonyl (C=O) groups is 1. The molecule has 1 fully saturated rings. The number of nitro groups is 1. The highest BCUT2D eigenvalue weighted by Gasteiger charge is 2.29. The lowest BCUT2D eigenvalue weighted by Gasteiger charge is -2.10. The monoisotopic (exact) mass is 350 g/mol. The van der Waals surface area contributed by atoms with Crippen molar-refractivity contribution in [1.82, 2.24) is 9.78 Å². The van der Waals surface area contributed by atoms with Crippen molar-refractivity contribution in [3.05, 3.63) is 51.3 Å². The SMILES string of the molecule is Cc1cc([N+](=O)[O-])ccc1NC(=O)Cn1nc(C2CC2)cc1C(F)F. The lowest BCUT2D eigenvalue weighted by molar-refractivity contribution is -0.384. The van der Waals surface area contributed by atoms with Crippen molar-refractivity contribution in [2.45, 2.75) is 38.7 Å². The van der Waals surface area contributed by atoms with E-state index in [1.807, 2.05) is 0 Å².